The molecule has 1 aliphatic heterocycles. The van der Waals surface area contributed by atoms with Gasteiger partial charge >= 0.3 is 6.09 Å². The van der Waals surface area contributed by atoms with Crippen LogP contribution in [0.5, 0.6) is 0 Å². The highest BCUT2D eigenvalue weighted by Gasteiger charge is 2.22. The fourth-order valence-electron chi connectivity index (χ4n) is 2.91. The summed E-state index contributed by atoms with van der Waals surface area (Å²) in [5, 5.41) is 8.83. The molecule has 1 heterocycles. The second-order valence-corrected chi connectivity index (χ2v) is 6.02. The molecule has 0 unspecified atom stereocenters. The summed E-state index contributed by atoms with van der Waals surface area (Å²) in [6.07, 6.45) is -0.262. The zero-order valence-corrected chi connectivity index (χ0v) is 14.1. The van der Waals surface area contributed by atoms with Crippen molar-refractivity contribution in [3.63, 3.8) is 0 Å². The van der Waals surface area contributed by atoms with Crippen molar-refractivity contribution in [3.8, 4) is 0 Å². The fraction of sp³-hybridized carbons (Fsp3) is 0.316. The number of hydroxylamine groups is 1. The van der Waals surface area contributed by atoms with Crippen LogP contribution in [0.3, 0.4) is 0 Å². The summed E-state index contributed by atoms with van der Waals surface area (Å²) in [6.45, 7) is 3.51. The normalized spacial score (nSPS) is 14.4. The molecule has 0 radical (unpaired) electrons. The molecule has 3 rings (SSSR count). The van der Waals surface area contributed by atoms with E-state index in [2.05, 4.69) is 10.4 Å². The van der Waals surface area contributed by atoms with Gasteiger partial charge < -0.3 is 19.7 Å². The van der Waals surface area contributed by atoms with Crippen molar-refractivity contribution in [2.24, 2.45) is 0 Å². The van der Waals surface area contributed by atoms with Crippen molar-refractivity contribution in [2.45, 2.75) is 13.2 Å². The second kappa shape index (κ2) is 8.50. The maximum Gasteiger partial charge on any atom is 0.410 e. The molecule has 1 saturated heterocycles. The summed E-state index contributed by atoms with van der Waals surface area (Å²) in [5.74, 6) is 0. The molecule has 6 heteroatoms. The molecule has 0 aliphatic carbocycles. The number of anilines is 1. The van der Waals surface area contributed by atoms with E-state index in [-0.39, 0.29) is 6.09 Å². The molecule has 1 aliphatic rings. The maximum absolute atomic E-state index is 12.2. The fourth-order valence-corrected chi connectivity index (χ4v) is 2.91. The molecule has 0 saturated carbocycles. The number of nitrogens with one attached hydrogen (secondary N) is 1. The Kier molecular flexibility index (Phi) is 5.87. The lowest BCUT2D eigenvalue weighted by Crippen LogP contribution is -2.49. The minimum atomic E-state index is -0.262. The maximum atomic E-state index is 12.2. The minimum absolute atomic E-state index is 0.262. The Bertz CT molecular complexity index is 685. The molecule has 0 spiro atoms. The largest absolute Gasteiger partial charge is 0.445 e. The summed E-state index contributed by atoms with van der Waals surface area (Å²) in [5.41, 5.74) is 5.29. The summed E-state index contributed by atoms with van der Waals surface area (Å²) in [7, 11) is 0. The number of ether oxygens (including phenoxy) is 1. The average molecular weight is 341 g/mol. The number of nitrogens with zero attached hydrogens (tertiary/aromatic N) is 2. The minimum Gasteiger partial charge on any atom is -0.445 e. The first kappa shape index (κ1) is 17.3. The molecule has 1 amide bonds. The molecule has 1 fully saturated rings. The van der Waals surface area contributed by atoms with Gasteiger partial charge in [0.15, 0.2) is 0 Å². The first-order chi connectivity index (χ1) is 12.3. The molecule has 0 bridgehead atoms. The molecular formula is C19H23N3O3. The van der Waals surface area contributed by atoms with Crippen molar-refractivity contribution >= 4 is 11.8 Å². The van der Waals surface area contributed by atoms with E-state index < -0.39 is 0 Å². The van der Waals surface area contributed by atoms with Gasteiger partial charge in [0, 0.05) is 38.4 Å². The number of carbonyl (C=O) groups is 1. The Morgan fingerprint density at radius 2 is 1.72 bits per heavy atom. The van der Waals surface area contributed by atoms with Crippen LogP contribution >= 0.6 is 0 Å². The number of piperazine rings is 1. The highest BCUT2D eigenvalue weighted by atomic mass is 16.6. The highest BCUT2D eigenvalue weighted by molar-refractivity contribution is 5.68. The lowest BCUT2D eigenvalue weighted by atomic mass is 10.1. The predicted octanol–water partition coefficient (Wildman–Crippen LogP) is 2.62. The third-order valence-corrected chi connectivity index (χ3v) is 4.30. The number of benzene rings is 2. The van der Waals surface area contributed by atoms with E-state index in [1.54, 1.807) is 4.90 Å². The van der Waals surface area contributed by atoms with Crippen molar-refractivity contribution in [1.82, 2.24) is 10.4 Å². The van der Waals surface area contributed by atoms with E-state index in [0.29, 0.717) is 26.2 Å². The van der Waals surface area contributed by atoms with Crippen LogP contribution in [0.25, 0.3) is 0 Å². The van der Waals surface area contributed by atoms with E-state index in [0.717, 1.165) is 29.9 Å². The quantitative estimate of drug-likeness (QED) is 0.819. The molecular weight excluding hydrogens is 318 g/mol. The number of amides is 1. The summed E-state index contributed by atoms with van der Waals surface area (Å²) >= 11 is 0. The Morgan fingerprint density at radius 3 is 2.44 bits per heavy atom. The smallest absolute Gasteiger partial charge is 0.410 e. The van der Waals surface area contributed by atoms with Crippen LogP contribution in [-0.4, -0.2) is 42.4 Å². The Morgan fingerprint density at radius 1 is 1.00 bits per heavy atom. The molecule has 25 heavy (non-hydrogen) atoms. The number of hydrogen-bond acceptors (Lipinski definition) is 5. The van der Waals surface area contributed by atoms with E-state index in [4.69, 9.17) is 9.94 Å². The van der Waals surface area contributed by atoms with Gasteiger partial charge in [-0.25, -0.2) is 10.3 Å². The van der Waals surface area contributed by atoms with Crippen LogP contribution in [0.15, 0.2) is 54.6 Å². The Labute approximate surface area is 147 Å². The van der Waals surface area contributed by atoms with Crippen molar-refractivity contribution in [1.29, 1.82) is 0 Å². The third kappa shape index (κ3) is 4.71. The summed E-state index contributed by atoms with van der Waals surface area (Å²) in [4.78, 5) is 16.2. The van der Waals surface area contributed by atoms with Crippen LogP contribution < -0.4 is 10.4 Å². The van der Waals surface area contributed by atoms with Crippen molar-refractivity contribution in [2.75, 3.05) is 31.1 Å². The molecule has 0 atom stereocenters. The zero-order chi connectivity index (χ0) is 17.5. The van der Waals surface area contributed by atoms with Gasteiger partial charge in [0.1, 0.15) is 6.61 Å². The number of carbonyl (C=O) groups excluding carboxylic acids is 1. The van der Waals surface area contributed by atoms with Crippen LogP contribution in [0, 0.1) is 0 Å². The topological polar surface area (TPSA) is 65.0 Å². The highest BCUT2D eigenvalue weighted by Crippen LogP contribution is 2.18. The number of hydrogen-bond donors (Lipinski definition) is 2. The van der Waals surface area contributed by atoms with E-state index in [9.17, 15) is 4.79 Å². The van der Waals surface area contributed by atoms with Crippen molar-refractivity contribution in [3.05, 3.63) is 65.7 Å². The second-order valence-electron chi connectivity index (χ2n) is 6.02. The summed E-state index contributed by atoms with van der Waals surface area (Å²) < 4.78 is 5.39. The van der Waals surface area contributed by atoms with Gasteiger partial charge in [-0.05, 0) is 23.3 Å². The van der Waals surface area contributed by atoms with Gasteiger partial charge in [0.25, 0.3) is 0 Å². The standard InChI is InChI=1S/C19H23N3O3/c23-19(25-15-16-5-2-1-3-6-16)22-11-9-21(10-12-22)18-8-4-7-17(13-18)14-20-24/h1-8,13,20,24H,9-12,14-15H2. The first-order valence-electron chi connectivity index (χ1n) is 8.43. The van der Waals surface area contributed by atoms with Gasteiger partial charge in [0.2, 0.25) is 0 Å². The molecule has 2 aromatic rings. The van der Waals surface area contributed by atoms with Gasteiger partial charge in [-0.2, -0.15) is 0 Å². The van der Waals surface area contributed by atoms with Crippen LogP contribution in [0.4, 0.5) is 10.5 Å². The lowest BCUT2D eigenvalue weighted by molar-refractivity contribution is 0.0942. The SMILES string of the molecule is O=C(OCc1ccccc1)N1CCN(c2cccc(CNO)c2)CC1. The van der Waals surface area contributed by atoms with Crippen LogP contribution in [-0.2, 0) is 17.9 Å². The van der Waals surface area contributed by atoms with Crippen LogP contribution in [0.2, 0.25) is 0 Å². The van der Waals surface area contributed by atoms with Crippen molar-refractivity contribution < 1.29 is 14.7 Å². The molecule has 2 N–H and O–H groups in total. The van der Waals surface area contributed by atoms with E-state index in [1.165, 1.54) is 0 Å². The third-order valence-electron chi connectivity index (χ3n) is 4.30. The predicted molar refractivity (Wildman–Crippen MR) is 95.5 cm³/mol. The lowest BCUT2D eigenvalue weighted by Gasteiger charge is -2.35. The summed E-state index contributed by atoms with van der Waals surface area (Å²) in [6, 6.07) is 17.7. The Hall–Kier alpha value is -2.57. The molecule has 2 aromatic carbocycles. The molecule has 6 nitrogen and oxygen atoms in total. The Balaban J connectivity index is 1.49. The zero-order valence-electron chi connectivity index (χ0n) is 14.1. The monoisotopic (exact) mass is 341 g/mol. The van der Waals surface area contributed by atoms with Gasteiger partial charge in [-0.1, -0.05) is 42.5 Å². The van der Waals surface area contributed by atoms with Crippen LogP contribution in [0.1, 0.15) is 11.1 Å². The first-order valence-corrected chi connectivity index (χ1v) is 8.43. The van der Waals surface area contributed by atoms with E-state index >= 15 is 0 Å². The molecule has 0 aromatic heterocycles. The van der Waals surface area contributed by atoms with E-state index in [1.807, 2.05) is 54.6 Å². The van der Waals surface area contributed by atoms with Gasteiger partial charge in [0.05, 0.1) is 0 Å². The number of rotatable bonds is 5. The molecule has 132 valence electrons. The van der Waals surface area contributed by atoms with Gasteiger partial charge in [-0.15, -0.1) is 0 Å². The van der Waals surface area contributed by atoms with Gasteiger partial charge in [-0.3, -0.25) is 0 Å². The average Bonchev–Trinajstić information content (AvgIpc) is 2.67.